The maximum atomic E-state index is 12.3. The summed E-state index contributed by atoms with van der Waals surface area (Å²) in [5, 5.41) is -0.0834. The summed E-state index contributed by atoms with van der Waals surface area (Å²) >= 11 is 5.62. The zero-order valence-electron chi connectivity index (χ0n) is 8.79. The van der Waals surface area contributed by atoms with Crippen molar-refractivity contribution >= 4 is 17.4 Å². The Hall–Kier alpha value is -1.75. The Morgan fingerprint density at radius 3 is 2.17 bits per heavy atom. The average molecular weight is 275 g/mol. The van der Waals surface area contributed by atoms with Crippen LogP contribution in [-0.4, -0.2) is 5.78 Å². The Balaban J connectivity index is 2.31. The lowest BCUT2D eigenvalue weighted by molar-refractivity contribution is -0.137. The van der Waals surface area contributed by atoms with Gasteiger partial charge in [-0.05, 0) is 29.8 Å². The summed E-state index contributed by atoms with van der Waals surface area (Å²) in [6, 6.07) is 5.27. The highest BCUT2D eigenvalue weighted by atomic mass is 35.5. The smallest absolute Gasteiger partial charge is 0.416 e. The maximum Gasteiger partial charge on any atom is 0.416 e. The van der Waals surface area contributed by atoms with Gasteiger partial charge in [-0.1, -0.05) is 12.1 Å². The summed E-state index contributed by atoms with van der Waals surface area (Å²) in [6.07, 6.45) is -3.19. The number of furan rings is 1. The Morgan fingerprint density at radius 1 is 1.11 bits per heavy atom. The molecule has 2 rings (SSSR count). The number of carbonyl (C=O) groups is 1. The lowest BCUT2D eigenvalue weighted by Crippen LogP contribution is -2.06. The van der Waals surface area contributed by atoms with Crippen LogP contribution in [-0.2, 0) is 6.18 Å². The van der Waals surface area contributed by atoms with Gasteiger partial charge in [0.1, 0.15) is 0 Å². The van der Waals surface area contributed by atoms with Crippen LogP contribution in [0, 0.1) is 0 Å². The molecule has 0 spiro atoms. The highest BCUT2D eigenvalue weighted by Gasteiger charge is 2.30. The van der Waals surface area contributed by atoms with Crippen LogP contribution in [0.4, 0.5) is 13.2 Å². The Morgan fingerprint density at radius 2 is 1.72 bits per heavy atom. The molecule has 0 aliphatic rings. The summed E-state index contributed by atoms with van der Waals surface area (Å²) in [5.74, 6) is -0.484. The van der Waals surface area contributed by atoms with E-state index in [1.165, 1.54) is 12.3 Å². The molecule has 0 saturated carbocycles. The third kappa shape index (κ3) is 2.41. The molecular weight excluding hydrogens is 269 g/mol. The van der Waals surface area contributed by atoms with Crippen molar-refractivity contribution in [3.63, 3.8) is 0 Å². The first-order valence-electron chi connectivity index (χ1n) is 4.84. The average Bonchev–Trinajstić information content (AvgIpc) is 2.73. The molecule has 1 aromatic carbocycles. The molecular formula is C12H6ClF3O2. The predicted octanol–water partition coefficient (Wildman–Crippen LogP) is 4.18. The van der Waals surface area contributed by atoms with Crippen LogP contribution in [0.1, 0.15) is 21.5 Å². The third-order valence-corrected chi connectivity index (χ3v) is 2.63. The fourth-order valence-corrected chi connectivity index (χ4v) is 1.62. The van der Waals surface area contributed by atoms with E-state index in [4.69, 9.17) is 16.0 Å². The third-order valence-electron chi connectivity index (χ3n) is 2.34. The molecule has 0 saturated heterocycles. The minimum absolute atomic E-state index is 0.0834. The first-order chi connectivity index (χ1) is 8.39. The van der Waals surface area contributed by atoms with Crippen LogP contribution in [0.2, 0.25) is 5.22 Å². The monoisotopic (exact) mass is 274 g/mol. The number of halogens is 4. The molecule has 0 atom stereocenters. The van der Waals surface area contributed by atoms with E-state index in [-0.39, 0.29) is 16.3 Å². The Kier molecular flexibility index (Phi) is 3.17. The SMILES string of the molecule is O=C(c1ccc(C(F)(F)F)cc1)c1ccoc1Cl. The van der Waals surface area contributed by atoms with Crippen molar-refractivity contribution in [2.75, 3.05) is 0 Å². The first kappa shape index (κ1) is 12.7. The zero-order chi connectivity index (χ0) is 13.3. The van der Waals surface area contributed by atoms with E-state index in [1.54, 1.807) is 0 Å². The second-order valence-electron chi connectivity index (χ2n) is 3.51. The van der Waals surface area contributed by atoms with Crippen LogP contribution < -0.4 is 0 Å². The molecule has 94 valence electrons. The van der Waals surface area contributed by atoms with Gasteiger partial charge in [0.05, 0.1) is 17.4 Å². The van der Waals surface area contributed by atoms with E-state index in [0.717, 1.165) is 24.3 Å². The molecule has 2 aromatic rings. The van der Waals surface area contributed by atoms with E-state index < -0.39 is 17.5 Å². The normalized spacial score (nSPS) is 11.6. The molecule has 6 heteroatoms. The lowest BCUT2D eigenvalue weighted by atomic mass is 10.0. The molecule has 0 bridgehead atoms. The van der Waals surface area contributed by atoms with Gasteiger partial charge >= 0.3 is 6.18 Å². The molecule has 0 unspecified atom stereocenters. The first-order valence-corrected chi connectivity index (χ1v) is 5.22. The van der Waals surface area contributed by atoms with Gasteiger partial charge < -0.3 is 4.42 Å². The summed E-state index contributed by atoms with van der Waals surface area (Å²) in [4.78, 5) is 11.9. The van der Waals surface area contributed by atoms with Crippen molar-refractivity contribution in [1.82, 2.24) is 0 Å². The van der Waals surface area contributed by atoms with E-state index in [0.29, 0.717) is 0 Å². The fourth-order valence-electron chi connectivity index (χ4n) is 1.42. The molecule has 1 heterocycles. The van der Waals surface area contributed by atoms with Gasteiger partial charge in [-0.3, -0.25) is 4.79 Å². The number of alkyl halides is 3. The van der Waals surface area contributed by atoms with E-state index in [2.05, 4.69) is 0 Å². The van der Waals surface area contributed by atoms with Crippen LogP contribution in [0.15, 0.2) is 41.0 Å². The summed E-state index contributed by atoms with van der Waals surface area (Å²) in [5.41, 5.74) is -0.569. The summed E-state index contributed by atoms with van der Waals surface area (Å²) in [6.45, 7) is 0. The number of ketones is 1. The van der Waals surface area contributed by atoms with Crippen LogP contribution in [0.25, 0.3) is 0 Å². The molecule has 18 heavy (non-hydrogen) atoms. The second kappa shape index (κ2) is 4.49. The van der Waals surface area contributed by atoms with Crippen molar-refractivity contribution in [3.05, 3.63) is 58.5 Å². The number of benzene rings is 1. The van der Waals surface area contributed by atoms with Crippen molar-refractivity contribution in [2.45, 2.75) is 6.18 Å². The number of hydrogen-bond donors (Lipinski definition) is 0. The predicted molar refractivity (Wildman–Crippen MR) is 58.6 cm³/mol. The number of rotatable bonds is 2. The Bertz CT molecular complexity index is 570. The highest BCUT2D eigenvalue weighted by molar-refractivity contribution is 6.33. The molecule has 0 N–H and O–H groups in total. The largest absolute Gasteiger partial charge is 0.452 e. The molecule has 0 aliphatic carbocycles. The number of carbonyl (C=O) groups excluding carboxylic acids is 1. The quantitative estimate of drug-likeness (QED) is 0.769. The molecule has 1 aromatic heterocycles. The van der Waals surface area contributed by atoms with Crippen LogP contribution in [0.3, 0.4) is 0 Å². The van der Waals surface area contributed by atoms with Crippen molar-refractivity contribution in [1.29, 1.82) is 0 Å². The Labute approximate surface area is 105 Å². The van der Waals surface area contributed by atoms with Gasteiger partial charge in [-0.2, -0.15) is 13.2 Å². The van der Waals surface area contributed by atoms with Gasteiger partial charge in [0.15, 0.2) is 5.78 Å². The van der Waals surface area contributed by atoms with Crippen molar-refractivity contribution in [2.24, 2.45) is 0 Å². The van der Waals surface area contributed by atoms with Gasteiger partial charge in [0.25, 0.3) is 0 Å². The summed E-state index contributed by atoms with van der Waals surface area (Å²) in [7, 11) is 0. The fraction of sp³-hybridized carbons (Fsp3) is 0.0833. The van der Waals surface area contributed by atoms with Gasteiger partial charge in [0.2, 0.25) is 5.22 Å². The zero-order valence-corrected chi connectivity index (χ0v) is 9.55. The maximum absolute atomic E-state index is 12.3. The van der Waals surface area contributed by atoms with E-state index in [1.807, 2.05) is 0 Å². The topological polar surface area (TPSA) is 30.2 Å². The minimum Gasteiger partial charge on any atom is -0.452 e. The van der Waals surface area contributed by atoms with Gasteiger partial charge in [0, 0.05) is 5.56 Å². The van der Waals surface area contributed by atoms with Crippen LogP contribution >= 0.6 is 11.6 Å². The lowest BCUT2D eigenvalue weighted by Gasteiger charge is -2.06. The highest BCUT2D eigenvalue weighted by Crippen LogP contribution is 2.29. The molecule has 0 aliphatic heterocycles. The van der Waals surface area contributed by atoms with Gasteiger partial charge in [-0.25, -0.2) is 0 Å². The number of hydrogen-bond acceptors (Lipinski definition) is 2. The molecule has 0 amide bonds. The standard InChI is InChI=1S/C12H6ClF3O2/c13-11-9(5-6-18-11)10(17)7-1-3-8(4-2-7)12(14,15)16/h1-6H. The molecule has 0 fully saturated rings. The van der Waals surface area contributed by atoms with Crippen molar-refractivity contribution < 1.29 is 22.4 Å². The summed E-state index contributed by atoms with van der Waals surface area (Å²) < 4.78 is 41.8. The van der Waals surface area contributed by atoms with E-state index in [9.17, 15) is 18.0 Å². The van der Waals surface area contributed by atoms with Crippen molar-refractivity contribution in [3.8, 4) is 0 Å². The van der Waals surface area contributed by atoms with Crippen LogP contribution in [0.5, 0.6) is 0 Å². The van der Waals surface area contributed by atoms with Gasteiger partial charge in [-0.15, -0.1) is 0 Å². The second-order valence-corrected chi connectivity index (χ2v) is 3.86. The minimum atomic E-state index is -4.42. The molecule has 0 radical (unpaired) electrons. The van der Waals surface area contributed by atoms with E-state index >= 15 is 0 Å². The molecule has 2 nitrogen and oxygen atoms in total.